The molecule has 0 spiro atoms. The molecule has 0 aliphatic heterocycles. The third kappa shape index (κ3) is 9.79. The van der Waals surface area contributed by atoms with Gasteiger partial charge < -0.3 is 36.9 Å². The molecule has 1 heterocycles. The molecule has 1 aromatic rings. The first-order chi connectivity index (χ1) is 16.0. The van der Waals surface area contributed by atoms with Gasteiger partial charge in [-0.1, -0.05) is 13.8 Å². The molecule has 34 heavy (non-hydrogen) atoms. The van der Waals surface area contributed by atoms with Gasteiger partial charge in [0, 0.05) is 18.3 Å². The first-order valence-electron chi connectivity index (χ1n) is 10.5. The molecule has 13 nitrogen and oxygen atoms in total. The summed E-state index contributed by atoms with van der Waals surface area (Å²) in [6.07, 6.45) is 4.23. The Balaban J connectivity index is 3.04. The number of hydrogen-bond donors (Lipinski definition) is 7. The van der Waals surface area contributed by atoms with Gasteiger partial charge in [0.25, 0.3) is 0 Å². The Bertz CT molecular complexity index is 848. The molecule has 3 amide bonds. The fourth-order valence-electron chi connectivity index (χ4n) is 2.93. The summed E-state index contributed by atoms with van der Waals surface area (Å²) in [6, 6.07) is -4.78. The van der Waals surface area contributed by atoms with Crippen molar-refractivity contribution < 1.29 is 34.2 Å². The number of H-pyrrole nitrogens is 1. The Hall–Kier alpha value is -3.13. The Morgan fingerprint density at radius 2 is 1.68 bits per heavy atom. The van der Waals surface area contributed by atoms with Crippen LogP contribution in [0.4, 0.5) is 0 Å². The van der Waals surface area contributed by atoms with E-state index in [1.54, 1.807) is 20.1 Å². The number of nitrogens with two attached hydrogens (primary N) is 1. The third-order valence-corrected chi connectivity index (χ3v) is 5.46. The molecule has 0 saturated carbocycles. The number of carbonyl (C=O) groups excluding carboxylic acids is 3. The number of carboxylic acids is 2. The Kier molecular flexibility index (Phi) is 12.1. The molecular weight excluding hydrogens is 468 g/mol. The number of nitrogens with one attached hydrogen (secondary N) is 4. The zero-order valence-electron chi connectivity index (χ0n) is 19.2. The van der Waals surface area contributed by atoms with Crippen molar-refractivity contribution in [3.05, 3.63) is 18.2 Å². The number of nitrogens with zero attached hydrogens (tertiary/aromatic N) is 1. The van der Waals surface area contributed by atoms with E-state index in [0.717, 1.165) is 0 Å². The molecule has 190 valence electrons. The molecule has 4 unspecified atom stereocenters. The van der Waals surface area contributed by atoms with Crippen LogP contribution in [0.25, 0.3) is 0 Å². The van der Waals surface area contributed by atoms with E-state index in [1.807, 2.05) is 0 Å². The third-order valence-electron chi connectivity index (χ3n) is 4.82. The number of hydrogen-bond acceptors (Lipinski definition) is 8. The summed E-state index contributed by atoms with van der Waals surface area (Å²) < 4.78 is 0. The van der Waals surface area contributed by atoms with Crippen molar-refractivity contribution in [3.8, 4) is 0 Å². The second kappa shape index (κ2) is 14.2. The average molecular weight is 501 g/mol. The van der Waals surface area contributed by atoms with Crippen LogP contribution in [0.5, 0.6) is 0 Å². The van der Waals surface area contributed by atoms with Gasteiger partial charge in [-0.3, -0.25) is 19.2 Å². The number of carbonyl (C=O) groups is 5. The van der Waals surface area contributed by atoms with Gasteiger partial charge in [-0.25, -0.2) is 9.78 Å². The van der Waals surface area contributed by atoms with Gasteiger partial charge in [-0.15, -0.1) is 0 Å². The summed E-state index contributed by atoms with van der Waals surface area (Å²) in [4.78, 5) is 67.2. The standard InChI is InChI=1S/C20H32N6O7S/c1-10(2)16(20(32)33)26-19(31)14(6-11-8-22-9-23-11)25-18(30)13(4-5-34-3)24-17(29)12(21)7-15(27)28/h8-10,12-14,16H,4-7,21H2,1-3H3,(H,22,23)(H,24,29)(H,25,30)(H,26,31)(H,27,28)(H,32,33). The van der Waals surface area contributed by atoms with Gasteiger partial charge in [0.2, 0.25) is 17.7 Å². The maximum absolute atomic E-state index is 13.0. The lowest BCUT2D eigenvalue weighted by Crippen LogP contribution is -2.58. The van der Waals surface area contributed by atoms with Crippen molar-refractivity contribution >= 4 is 41.4 Å². The molecular formula is C20H32N6O7S. The Morgan fingerprint density at radius 1 is 1.06 bits per heavy atom. The lowest BCUT2D eigenvalue weighted by Gasteiger charge is -2.25. The number of aromatic nitrogens is 2. The molecule has 4 atom stereocenters. The van der Waals surface area contributed by atoms with Crippen molar-refractivity contribution in [1.29, 1.82) is 0 Å². The number of aliphatic carboxylic acids is 2. The number of carboxylic acid groups (broad SMARTS) is 2. The second-order valence-corrected chi connectivity index (χ2v) is 8.94. The lowest BCUT2D eigenvalue weighted by atomic mass is 10.0. The topological polar surface area (TPSA) is 217 Å². The van der Waals surface area contributed by atoms with E-state index in [1.165, 1.54) is 24.3 Å². The smallest absolute Gasteiger partial charge is 0.326 e. The summed E-state index contributed by atoms with van der Waals surface area (Å²) in [7, 11) is 0. The Morgan fingerprint density at radius 3 is 2.18 bits per heavy atom. The van der Waals surface area contributed by atoms with E-state index < -0.39 is 66.2 Å². The van der Waals surface area contributed by atoms with Crippen LogP contribution in [0.3, 0.4) is 0 Å². The van der Waals surface area contributed by atoms with Crippen molar-refractivity contribution in [2.24, 2.45) is 11.7 Å². The first kappa shape index (κ1) is 28.9. The van der Waals surface area contributed by atoms with E-state index in [0.29, 0.717) is 11.4 Å². The minimum Gasteiger partial charge on any atom is -0.481 e. The summed E-state index contributed by atoms with van der Waals surface area (Å²) in [5, 5.41) is 25.7. The predicted octanol–water partition coefficient (Wildman–Crippen LogP) is -1.30. The minimum absolute atomic E-state index is 0.0102. The zero-order valence-corrected chi connectivity index (χ0v) is 20.1. The minimum atomic E-state index is -1.35. The van der Waals surface area contributed by atoms with Crippen LogP contribution in [0, 0.1) is 5.92 Å². The summed E-state index contributed by atoms with van der Waals surface area (Å²) in [5.74, 6) is -4.63. The van der Waals surface area contributed by atoms with Gasteiger partial charge in [-0.05, 0) is 24.3 Å². The molecule has 14 heteroatoms. The van der Waals surface area contributed by atoms with Crippen LogP contribution in [0.15, 0.2) is 12.5 Å². The number of rotatable bonds is 15. The normalized spacial score (nSPS) is 14.5. The summed E-state index contributed by atoms with van der Waals surface area (Å²) in [6.45, 7) is 3.27. The number of aromatic amines is 1. The van der Waals surface area contributed by atoms with Gasteiger partial charge in [-0.2, -0.15) is 11.8 Å². The fraction of sp³-hybridized carbons (Fsp3) is 0.600. The highest BCUT2D eigenvalue weighted by Crippen LogP contribution is 2.07. The number of amides is 3. The molecule has 0 aliphatic carbocycles. The SMILES string of the molecule is CSCCC(NC(=O)C(N)CC(=O)O)C(=O)NC(Cc1cnc[nH]1)C(=O)NC(C(=O)O)C(C)C. The van der Waals surface area contributed by atoms with Crippen LogP contribution in [-0.4, -0.2) is 86.0 Å². The van der Waals surface area contributed by atoms with Gasteiger partial charge in [0.05, 0.1) is 18.8 Å². The van der Waals surface area contributed by atoms with E-state index in [-0.39, 0.29) is 12.8 Å². The number of imidazole rings is 1. The highest BCUT2D eigenvalue weighted by atomic mass is 32.2. The molecule has 0 aliphatic rings. The van der Waals surface area contributed by atoms with Crippen molar-refractivity contribution in [2.45, 2.75) is 57.3 Å². The quantitative estimate of drug-likeness (QED) is 0.151. The predicted molar refractivity (Wildman–Crippen MR) is 124 cm³/mol. The van der Waals surface area contributed by atoms with E-state index in [4.69, 9.17) is 10.8 Å². The summed E-state index contributed by atoms with van der Waals surface area (Å²) >= 11 is 1.42. The monoisotopic (exact) mass is 500 g/mol. The van der Waals surface area contributed by atoms with Crippen molar-refractivity contribution in [2.75, 3.05) is 12.0 Å². The maximum Gasteiger partial charge on any atom is 0.326 e. The van der Waals surface area contributed by atoms with E-state index >= 15 is 0 Å². The first-order valence-corrected chi connectivity index (χ1v) is 11.9. The highest BCUT2D eigenvalue weighted by molar-refractivity contribution is 7.98. The van der Waals surface area contributed by atoms with E-state index in [9.17, 15) is 29.1 Å². The highest BCUT2D eigenvalue weighted by Gasteiger charge is 2.31. The molecule has 0 bridgehead atoms. The molecule has 1 rings (SSSR count). The van der Waals surface area contributed by atoms with Crippen LogP contribution in [0.2, 0.25) is 0 Å². The molecule has 0 aromatic carbocycles. The maximum atomic E-state index is 13.0. The van der Waals surface area contributed by atoms with Gasteiger partial charge in [0.1, 0.15) is 18.1 Å². The lowest BCUT2D eigenvalue weighted by molar-refractivity contribution is -0.143. The average Bonchev–Trinajstić information content (AvgIpc) is 3.26. The largest absolute Gasteiger partial charge is 0.481 e. The fourth-order valence-corrected chi connectivity index (χ4v) is 3.40. The van der Waals surface area contributed by atoms with Crippen LogP contribution in [0.1, 0.15) is 32.4 Å². The molecule has 0 radical (unpaired) electrons. The van der Waals surface area contributed by atoms with Gasteiger partial charge in [0.15, 0.2) is 0 Å². The Labute approximate surface area is 201 Å². The molecule has 1 aromatic heterocycles. The van der Waals surface area contributed by atoms with Gasteiger partial charge >= 0.3 is 11.9 Å². The molecule has 0 fully saturated rings. The van der Waals surface area contributed by atoms with Crippen LogP contribution >= 0.6 is 11.8 Å². The van der Waals surface area contributed by atoms with E-state index in [2.05, 4.69) is 25.9 Å². The van der Waals surface area contributed by atoms with Crippen LogP contribution in [-0.2, 0) is 30.4 Å². The van der Waals surface area contributed by atoms with Crippen molar-refractivity contribution in [3.63, 3.8) is 0 Å². The number of thioether (sulfide) groups is 1. The molecule has 0 saturated heterocycles. The van der Waals surface area contributed by atoms with Crippen LogP contribution < -0.4 is 21.7 Å². The van der Waals surface area contributed by atoms with Crippen molar-refractivity contribution in [1.82, 2.24) is 25.9 Å². The molecule has 8 N–H and O–H groups in total. The summed E-state index contributed by atoms with van der Waals surface area (Å²) in [5.41, 5.74) is 6.10. The zero-order chi connectivity index (χ0) is 25.8. The second-order valence-electron chi connectivity index (χ2n) is 7.96.